The molecule has 0 atom stereocenters. The highest BCUT2D eigenvalue weighted by molar-refractivity contribution is 5.74. The van der Waals surface area contributed by atoms with Crippen LogP contribution in [0.2, 0.25) is 0 Å². The Hall–Kier alpha value is -2.86. The monoisotopic (exact) mass is 506 g/mol. The fraction of sp³-hybridized carbons (Fsp3) is 0.421. The quantitative estimate of drug-likeness (QED) is 0.309. The molecule has 0 aliphatic carbocycles. The Labute approximate surface area is 233 Å². The van der Waals surface area contributed by atoms with Gasteiger partial charge in [-0.15, -0.1) is 0 Å². The van der Waals surface area contributed by atoms with Gasteiger partial charge in [0.1, 0.15) is 0 Å². The van der Waals surface area contributed by atoms with Gasteiger partial charge in [0.05, 0.1) is 0 Å². The van der Waals surface area contributed by atoms with Crippen LogP contribution in [0.5, 0.6) is 0 Å². The van der Waals surface area contributed by atoms with Gasteiger partial charge in [-0.3, -0.25) is 0 Å². The van der Waals surface area contributed by atoms with Crippen LogP contribution in [-0.4, -0.2) is 0 Å². The summed E-state index contributed by atoms with van der Waals surface area (Å²) in [6.07, 6.45) is 8.96. The van der Waals surface area contributed by atoms with Crippen LogP contribution in [0, 0.1) is 0 Å². The Kier molecular flexibility index (Phi) is 8.38. The third-order valence-corrected chi connectivity index (χ3v) is 7.25. The van der Waals surface area contributed by atoms with Crippen molar-refractivity contribution in [2.75, 3.05) is 0 Å². The molecule has 0 amide bonds. The van der Waals surface area contributed by atoms with Crippen LogP contribution < -0.4 is 0 Å². The van der Waals surface area contributed by atoms with E-state index in [1.807, 2.05) is 0 Å². The maximum absolute atomic E-state index is 2.38. The predicted octanol–water partition coefficient (Wildman–Crippen LogP) is 11.2. The molecular formula is C38H50. The summed E-state index contributed by atoms with van der Waals surface area (Å²) in [6.45, 7) is 27.5. The Morgan fingerprint density at radius 3 is 0.737 bits per heavy atom. The molecule has 0 radical (unpaired) electrons. The molecule has 0 heterocycles. The van der Waals surface area contributed by atoms with Crippen LogP contribution in [0.25, 0.3) is 24.3 Å². The van der Waals surface area contributed by atoms with E-state index in [0.717, 1.165) is 0 Å². The fourth-order valence-electron chi connectivity index (χ4n) is 4.33. The lowest BCUT2D eigenvalue weighted by atomic mass is 9.79. The first-order valence-electron chi connectivity index (χ1n) is 14.1. The minimum Gasteiger partial charge on any atom is -0.0561 e. The highest BCUT2D eigenvalue weighted by atomic mass is 14.3. The third-order valence-electron chi connectivity index (χ3n) is 7.25. The van der Waals surface area contributed by atoms with Gasteiger partial charge in [0.2, 0.25) is 0 Å². The van der Waals surface area contributed by atoms with Gasteiger partial charge in [-0.2, -0.15) is 0 Å². The highest BCUT2D eigenvalue weighted by Gasteiger charge is 2.21. The molecule has 3 aromatic carbocycles. The summed E-state index contributed by atoms with van der Waals surface area (Å²) in [5.41, 5.74) is 11.0. The Bertz CT molecular complexity index is 1130. The second kappa shape index (κ2) is 10.7. The maximum Gasteiger partial charge on any atom is -0.0132 e. The summed E-state index contributed by atoms with van der Waals surface area (Å²) >= 11 is 0. The van der Waals surface area contributed by atoms with Crippen molar-refractivity contribution in [3.8, 4) is 0 Å². The maximum atomic E-state index is 2.38. The van der Waals surface area contributed by atoms with Crippen LogP contribution in [0.15, 0.2) is 60.7 Å². The van der Waals surface area contributed by atoms with Crippen molar-refractivity contribution >= 4 is 24.3 Å². The summed E-state index contributed by atoms with van der Waals surface area (Å²) in [4.78, 5) is 0. The normalized spacial score (nSPS) is 13.6. The van der Waals surface area contributed by atoms with Crippen molar-refractivity contribution in [1.82, 2.24) is 0 Å². The molecule has 3 rings (SSSR count). The molecular weight excluding hydrogens is 456 g/mol. The second-order valence-corrected chi connectivity index (χ2v) is 15.0. The van der Waals surface area contributed by atoms with E-state index < -0.39 is 0 Å². The van der Waals surface area contributed by atoms with Crippen LogP contribution in [0.4, 0.5) is 0 Å². The van der Waals surface area contributed by atoms with Crippen LogP contribution in [0.1, 0.15) is 128 Å². The zero-order valence-electron chi connectivity index (χ0n) is 26.1. The van der Waals surface area contributed by atoms with E-state index in [-0.39, 0.29) is 21.7 Å². The standard InChI is InChI=1S/C38H50/c1-35(2,3)31-21-29(22-32(25-31)36(4,5)6)19-17-27-13-15-28(16-14-27)18-20-30-23-33(37(7,8)9)26-34(24-30)38(10,11)12/h13-26H,1-12H3/b19-17+,20-18+. The zero-order valence-corrected chi connectivity index (χ0v) is 26.1. The summed E-state index contributed by atoms with van der Waals surface area (Å²) < 4.78 is 0. The lowest BCUT2D eigenvalue weighted by Crippen LogP contribution is -2.16. The lowest BCUT2D eigenvalue weighted by Gasteiger charge is -2.25. The van der Waals surface area contributed by atoms with Gasteiger partial charge in [0.15, 0.2) is 0 Å². The first kappa shape index (κ1) is 29.7. The van der Waals surface area contributed by atoms with Gasteiger partial charge < -0.3 is 0 Å². The number of benzene rings is 3. The molecule has 0 N–H and O–H groups in total. The average molecular weight is 507 g/mol. The number of hydrogen-bond donors (Lipinski definition) is 0. The molecule has 0 saturated carbocycles. The van der Waals surface area contributed by atoms with Gasteiger partial charge in [0, 0.05) is 0 Å². The van der Waals surface area contributed by atoms with E-state index in [9.17, 15) is 0 Å². The minimum absolute atomic E-state index is 0.123. The van der Waals surface area contributed by atoms with Gasteiger partial charge in [-0.1, -0.05) is 168 Å². The fourth-order valence-corrected chi connectivity index (χ4v) is 4.33. The molecule has 0 fully saturated rings. The Morgan fingerprint density at radius 1 is 0.316 bits per heavy atom. The van der Waals surface area contributed by atoms with Crippen molar-refractivity contribution in [1.29, 1.82) is 0 Å². The molecule has 0 aliphatic heterocycles. The zero-order chi connectivity index (χ0) is 28.5. The van der Waals surface area contributed by atoms with E-state index in [2.05, 4.69) is 168 Å². The van der Waals surface area contributed by atoms with E-state index in [1.54, 1.807) is 0 Å². The average Bonchev–Trinajstić information content (AvgIpc) is 2.79. The molecule has 0 saturated heterocycles. The SMILES string of the molecule is CC(C)(C)c1cc(/C=C/c2ccc(/C=C/c3cc(C(C)(C)C)cc(C(C)(C)C)c3)cc2)cc(C(C)(C)C)c1. The van der Waals surface area contributed by atoms with Crippen molar-refractivity contribution in [2.24, 2.45) is 0 Å². The van der Waals surface area contributed by atoms with Crippen LogP contribution >= 0.6 is 0 Å². The highest BCUT2D eigenvalue weighted by Crippen LogP contribution is 2.32. The molecule has 0 nitrogen and oxygen atoms in total. The van der Waals surface area contributed by atoms with Gasteiger partial charge in [-0.25, -0.2) is 0 Å². The van der Waals surface area contributed by atoms with Crippen molar-refractivity contribution in [3.63, 3.8) is 0 Å². The van der Waals surface area contributed by atoms with Gasteiger partial charge in [0.25, 0.3) is 0 Å². The van der Waals surface area contributed by atoms with Crippen molar-refractivity contribution < 1.29 is 0 Å². The largest absolute Gasteiger partial charge is 0.0561 e. The molecule has 0 spiro atoms. The summed E-state index contributed by atoms with van der Waals surface area (Å²) in [5.74, 6) is 0. The van der Waals surface area contributed by atoms with Gasteiger partial charge >= 0.3 is 0 Å². The second-order valence-electron chi connectivity index (χ2n) is 15.0. The first-order chi connectivity index (χ1) is 17.3. The van der Waals surface area contributed by atoms with E-state index in [4.69, 9.17) is 0 Å². The summed E-state index contributed by atoms with van der Waals surface area (Å²) in [5, 5.41) is 0. The molecule has 3 aromatic rings. The smallest absolute Gasteiger partial charge is 0.0132 e. The molecule has 0 unspecified atom stereocenters. The predicted molar refractivity (Wildman–Crippen MR) is 172 cm³/mol. The van der Waals surface area contributed by atoms with Crippen LogP contribution in [-0.2, 0) is 21.7 Å². The number of hydrogen-bond acceptors (Lipinski definition) is 0. The third kappa shape index (κ3) is 8.07. The van der Waals surface area contributed by atoms with Crippen LogP contribution in [0.3, 0.4) is 0 Å². The number of rotatable bonds is 4. The molecule has 0 heteroatoms. The Balaban J connectivity index is 1.85. The van der Waals surface area contributed by atoms with E-state index in [0.29, 0.717) is 0 Å². The lowest BCUT2D eigenvalue weighted by molar-refractivity contribution is 0.568. The topological polar surface area (TPSA) is 0 Å². The summed E-state index contributed by atoms with van der Waals surface area (Å²) in [6, 6.07) is 22.9. The molecule has 0 bridgehead atoms. The summed E-state index contributed by atoms with van der Waals surface area (Å²) in [7, 11) is 0. The first-order valence-corrected chi connectivity index (χ1v) is 14.1. The van der Waals surface area contributed by atoms with Gasteiger partial charge in [-0.05, 0) is 66.2 Å². The van der Waals surface area contributed by atoms with Crippen molar-refractivity contribution in [2.45, 2.75) is 105 Å². The molecule has 0 aromatic heterocycles. The minimum atomic E-state index is 0.123. The Morgan fingerprint density at radius 2 is 0.526 bits per heavy atom. The molecule has 202 valence electrons. The van der Waals surface area contributed by atoms with E-state index in [1.165, 1.54) is 44.5 Å². The van der Waals surface area contributed by atoms with E-state index >= 15 is 0 Å². The van der Waals surface area contributed by atoms with Crippen molar-refractivity contribution in [3.05, 3.63) is 105 Å². The molecule has 38 heavy (non-hydrogen) atoms. The molecule has 0 aliphatic rings.